The van der Waals surface area contributed by atoms with E-state index in [1.807, 2.05) is 42.5 Å². The number of nitrogens with zero attached hydrogens (tertiary/aromatic N) is 1. The number of hydrogen-bond donors (Lipinski definition) is 3. The zero-order valence-electron chi connectivity index (χ0n) is 16.2. The van der Waals surface area contributed by atoms with Crippen molar-refractivity contribution < 1.29 is 9.18 Å². The van der Waals surface area contributed by atoms with Gasteiger partial charge in [0.15, 0.2) is 5.96 Å². The summed E-state index contributed by atoms with van der Waals surface area (Å²) in [5.41, 5.74) is 7.32. The zero-order valence-corrected chi connectivity index (χ0v) is 17.8. The smallest absolute Gasteiger partial charge is 0.321 e. The molecule has 3 aromatic rings. The van der Waals surface area contributed by atoms with Crippen molar-refractivity contribution in [3.63, 3.8) is 0 Å². The maximum absolute atomic E-state index is 13.7. The first-order valence-corrected chi connectivity index (χ1v) is 10.9. The number of hydrogen-bond acceptors (Lipinski definition) is 3. The van der Waals surface area contributed by atoms with Crippen LogP contribution in [0.4, 0.5) is 9.18 Å². The summed E-state index contributed by atoms with van der Waals surface area (Å²) < 4.78 is 13.7. The lowest BCUT2D eigenvalue weighted by Gasteiger charge is -2.09. The number of aliphatic imine (C=N–C) groups is 1. The van der Waals surface area contributed by atoms with E-state index >= 15 is 0 Å². The number of rotatable bonds is 7. The SMILES string of the molecule is NC(=NCc1cccc2ccccc12)NC(=O)NCCSCc1c(F)cccc1Cl. The van der Waals surface area contributed by atoms with Gasteiger partial charge in [0.2, 0.25) is 0 Å². The number of fused-ring (bicyclic) bond motifs is 1. The molecule has 3 rings (SSSR count). The van der Waals surface area contributed by atoms with Gasteiger partial charge in [0.05, 0.1) is 6.54 Å². The van der Waals surface area contributed by atoms with Crippen molar-refractivity contribution in [2.45, 2.75) is 12.3 Å². The molecule has 0 saturated heterocycles. The minimum absolute atomic E-state index is 0.0474. The lowest BCUT2D eigenvalue weighted by Crippen LogP contribution is -2.44. The fraction of sp³-hybridized carbons (Fsp3) is 0.182. The molecule has 0 aromatic heterocycles. The Morgan fingerprint density at radius 3 is 2.70 bits per heavy atom. The van der Waals surface area contributed by atoms with Gasteiger partial charge in [-0.25, -0.2) is 14.2 Å². The molecule has 8 heteroatoms. The molecule has 0 heterocycles. The summed E-state index contributed by atoms with van der Waals surface area (Å²) in [5.74, 6) is 0.760. The summed E-state index contributed by atoms with van der Waals surface area (Å²) in [7, 11) is 0. The number of carbonyl (C=O) groups excluding carboxylic acids is 1. The van der Waals surface area contributed by atoms with Crippen LogP contribution in [0.3, 0.4) is 0 Å². The molecule has 0 aliphatic rings. The van der Waals surface area contributed by atoms with Crippen LogP contribution in [0.5, 0.6) is 0 Å². The van der Waals surface area contributed by atoms with Crippen LogP contribution in [0.2, 0.25) is 5.02 Å². The van der Waals surface area contributed by atoms with E-state index in [-0.39, 0.29) is 11.8 Å². The fourth-order valence-corrected chi connectivity index (χ4v) is 4.08. The number of guanidine groups is 1. The summed E-state index contributed by atoms with van der Waals surface area (Å²) in [5, 5.41) is 7.85. The average molecular weight is 445 g/mol. The minimum Gasteiger partial charge on any atom is -0.370 e. The van der Waals surface area contributed by atoms with Crippen molar-refractivity contribution in [1.82, 2.24) is 10.6 Å². The molecule has 0 spiro atoms. The largest absolute Gasteiger partial charge is 0.370 e. The number of nitrogens with two attached hydrogens (primary N) is 1. The van der Waals surface area contributed by atoms with E-state index in [4.69, 9.17) is 17.3 Å². The molecule has 5 nitrogen and oxygen atoms in total. The van der Waals surface area contributed by atoms with Gasteiger partial charge in [0, 0.05) is 28.6 Å². The number of urea groups is 1. The van der Waals surface area contributed by atoms with Gasteiger partial charge >= 0.3 is 6.03 Å². The first kappa shape index (κ1) is 21.9. The van der Waals surface area contributed by atoms with E-state index in [2.05, 4.69) is 15.6 Å². The molecule has 0 aliphatic carbocycles. The second-order valence-corrected chi connectivity index (χ2v) is 7.99. The van der Waals surface area contributed by atoms with Crippen molar-refractivity contribution in [3.8, 4) is 0 Å². The second-order valence-electron chi connectivity index (χ2n) is 6.47. The quantitative estimate of drug-likeness (QED) is 0.281. The van der Waals surface area contributed by atoms with E-state index in [1.165, 1.54) is 17.8 Å². The Kier molecular flexibility index (Phi) is 7.93. The van der Waals surface area contributed by atoms with Gasteiger partial charge in [-0.2, -0.15) is 11.8 Å². The molecule has 156 valence electrons. The molecule has 2 amide bonds. The number of carbonyl (C=O) groups is 1. The van der Waals surface area contributed by atoms with Gasteiger partial charge in [-0.05, 0) is 28.5 Å². The summed E-state index contributed by atoms with van der Waals surface area (Å²) in [6, 6.07) is 18.2. The van der Waals surface area contributed by atoms with Gasteiger partial charge in [-0.1, -0.05) is 60.1 Å². The molecule has 0 aliphatic heterocycles. The lowest BCUT2D eigenvalue weighted by molar-refractivity contribution is 0.246. The molecule has 4 N–H and O–H groups in total. The maximum atomic E-state index is 13.7. The van der Waals surface area contributed by atoms with Gasteiger partial charge < -0.3 is 11.1 Å². The highest BCUT2D eigenvalue weighted by Gasteiger charge is 2.07. The Hall–Kier alpha value is -2.77. The minimum atomic E-state index is -0.432. The van der Waals surface area contributed by atoms with Gasteiger partial charge in [-0.3, -0.25) is 5.32 Å². The number of thioether (sulfide) groups is 1. The molecular weight excluding hydrogens is 423 g/mol. The standard InChI is InChI=1S/C22H22ClFN4OS/c23-19-9-4-10-20(24)18(19)14-30-12-11-26-22(29)28-21(25)27-13-16-7-3-6-15-5-1-2-8-17(15)16/h1-10H,11-14H2,(H4,25,26,27,28,29). The number of amides is 2. The monoisotopic (exact) mass is 444 g/mol. The molecule has 0 radical (unpaired) electrons. The molecule has 0 unspecified atom stereocenters. The van der Waals surface area contributed by atoms with E-state index in [0.717, 1.165) is 16.3 Å². The van der Waals surface area contributed by atoms with Crippen LogP contribution in [-0.2, 0) is 12.3 Å². The third-order valence-electron chi connectivity index (χ3n) is 4.38. The number of benzene rings is 3. The van der Waals surface area contributed by atoms with Crippen LogP contribution < -0.4 is 16.4 Å². The van der Waals surface area contributed by atoms with Crippen LogP contribution in [0.1, 0.15) is 11.1 Å². The topological polar surface area (TPSA) is 79.5 Å². The highest BCUT2D eigenvalue weighted by Crippen LogP contribution is 2.23. The Labute approximate surface area is 183 Å². The second kappa shape index (κ2) is 10.8. The summed E-state index contributed by atoms with van der Waals surface area (Å²) >= 11 is 7.47. The van der Waals surface area contributed by atoms with E-state index < -0.39 is 6.03 Å². The highest BCUT2D eigenvalue weighted by atomic mass is 35.5. The van der Waals surface area contributed by atoms with Crippen LogP contribution in [-0.4, -0.2) is 24.3 Å². The average Bonchev–Trinajstić information content (AvgIpc) is 2.73. The Balaban J connectivity index is 1.41. The molecule has 30 heavy (non-hydrogen) atoms. The fourth-order valence-electron chi connectivity index (χ4n) is 2.88. The molecule has 0 saturated carbocycles. The van der Waals surface area contributed by atoms with Crippen molar-refractivity contribution in [2.24, 2.45) is 10.7 Å². The van der Waals surface area contributed by atoms with Gasteiger partial charge in [0.1, 0.15) is 5.82 Å². The van der Waals surface area contributed by atoms with Gasteiger partial charge in [0.25, 0.3) is 0 Å². The predicted octanol–water partition coefficient (Wildman–Crippen LogP) is 4.68. The number of halogens is 2. The van der Waals surface area contributed by atoms with E-state index in [1.54, 1.807) is 12.1 Å². The Bertz CT molecular complexity index is 1030. The zero-order chi connectivity index (χ0) is 21.3. The molecule has 0 atom stereocenters. The first-order chi connectivity index (χ1) is 14.5. The van der Waals surface area contributed by atoms with E-state index in [9.17, 15) is 9.18 Å². The molecule has 3 aromatic carbocycles. The molecule has 0 fully saturated rings. The third kappa shape index (κ3) is 6.11. The van der Waals surface area contributed by atoms with E-state index in [0.29, 0.717) is 35.2 Å². The Morgan fingerprint density at radius 2 is 1.87 bits per heavy atom. The van der Waals surface area contributed by atoms with Crippen LogP contribution >= 0.6 is 23.4 Å². The maximum Gasteiger partial charge on any atom is 0.321 e. The van der Waals surface area contributed by atoms with Crippen LogP contribution in [0, 0.1) is 5.82 Å². The van der Waals surface area contributed by atoms with Crippen molar-refractivity contribution in [3.05, 3.63) is 82.6 Å². The third-order valence-corrected chi connectivity index (χ3v) is 5.72. The van der Waals surface area contributed by atoms with Gasteiger partial charge in [-0.15, -0.1) is 0 Å². The summed E-state index contributed by atoms with van der Waals surface area (Å²) in [6.07, 6.45) is 0. The van der Waals surface area contributed by atoms with Crippen molar-refractivity contribution >= 4 is 46.1 Å². The van der Waals surface area contributed by atoms with Crippen molar-refractivity contribution in [2.75, 3.05) is 12.3 Å². The highest BCUT2D eigenvalue weighted by molar-refractivity contribution is 7.98. The molecular formula is C22H22ClFN4OS. The Morgan fingerprint density at radius 1 is 1.10 bits per heavy atom. The van der Waals surface area contributed by atoms with Crippen molar-refractivity contribution in [1.29, 1.82) is 0 Å². The van der Waals surface area contributed by atoms with Crippen LogP contribution in [0.15, 0.2) is 65.7 Å². The lowest BCUT2D eigenvalue weighted by atomic mass is 10.1. The number of nitrogens with one attached hydrogen (secondary N) is 2. The summed E-state index contributed by atoms with van der Waals surface area (Å²) in [6.45, 7) is 0.770. The molecule has 0 bridgehead atoms. The predicted molar refractivity (Wildman–Crippen MR) is 123 cm³/mol. The normalized spacial score (nSPS) is 11.5. The van der Waals surface area contributed by atoms with Crippen LogP contribution in [0.25, 0.3) is 10.8 Å². The first-order valence-electron chi connectivity index (χ1n) is 9.36. The summed E-state index contributed by atoms with van der Waals surface area (Å²) in [4.78, 5) is 16.2.